The van der Waals surface area contributed by atoms with E-state index < -0.39 is 11.6 Å². The first-order valence-corrected chi connectivity index (χ1v) is 8.85. The zero-order valence-corrected chi connectivity index (χ0v) is 15.0. The molecule has 1 aromatic carbocycles. The Morgan fingerprint density at radius 3 is 2.52 bits per heavy atom. The molecule has 2 N–H and O–H groups in total. The first-order chi connectivity index (χ1) is 11.8. The molecule has 0 aromatic heterocycles. The topological polar surface area (TPSA) is 78.5 Å². The number of hydrogen-bond acceptors (Lipinski definition) is 3. The van der Waals surface area contributed by atoms with E-state index in [-0.39, 0.29) is 30.3 Å². The molecule has 4 amide bonds. The standard InChI is InChI=1S/C19H25N3O3/c1-4-15(13-7-5-12(2)6-8-13)20-16(23)11-22-17(24)19(3,14-9-10-14)21-18(22)25/h5-8,14-15H,4,9-11H2,1-3H3,(H,20,23)(H,21,25). The van der Waals surface area contributed by atoms with Gasteiger partial charge in [0, 0.05) is 0 Å². The molecule has 6 heteroatoms. The molecule has 0 bridgehead atoms. The highest BCUT2D eigenvalue weighted by Crippen LogP contribution is 2.42. The predicted molar refractivity (Wildman–Crippen MR) is 93.7 cm³/mol. The summed E-state index contributed by atoms with van der Waals surface area (Å²) in [6.45, 7) is 5.51. The van der Waals surface area contributed by atoms with E-state index >= 15 is 0 Å². The van der Waals surface area contributed by atoms with Crippen molar-refractivity contribution in [2.45, 2.75) is 51.6 Å². The molecule has 2 atom stereocenters. The Morgan fingerprint density at radius 2 is 1.96 bits per heavy atom. The summed E-state index contributed by atoms with van der Waals surface area (Å²) < 4.78 is 0. The minimum atomic E-state index is -0.849. The van der Waals surface area contributed by atoms with E-state index in [1.165, 1.54) is 0 Å². The van der Waals surface area contributed by atoms with Crippen LogP contribution in [-0.2, 0) is 9.59 Å². The molecular formula is C19H25N3O3. The summed E-state index contributed by atoms with van der Waals surface area (Å²) in [5.41, 5.74) is 1.32. The maximum atomic E-state index is 12.6. The summed E-state index contributed by atoms with van der Waals surface area (Å²) in [4.78, 5) is 38.2. The second kappa shape index (κ2) is 6.50. The average molecular weight is 343 g/mol. The van der Waals surface area contributed by atoms with Crippen molar-refractivity contribution in [3.63, 3.8) is 0 Å². The number of imide groups is 1. The van der Waals surface area contributed by atoms with Gasteiger partial charge in [-0.2, -0.15) is 0 Å². The highest BCUT2D eigenvalue weighted by atomic mass is 16.2. The maximum Gasteiger partial charge on any atom is 0.325 e. The van der Waals surface area contributed by atoms with E-state index in [1.807, 2.05) is 38.1 Å². The van der Waals surface area contributed by atoms with Gasteiger partial charge < -0.3 is 10.6 Å². The minimum absolute atomic E-state index is 0.135. The van der Waals surface area contributed by atoms with Crippen LogP contribution in [0.1, 0.15) is 50.3 Å². The summed E-state index contributed by atoms with van der Waals surface area (Å²) in [5, 5.41) is 5.69. The lowest BCUT2D eigenvalue weighted by Crippen LogP contribution is -2.47. The number of hydrogen-bond donors (Lipinski definition) is 2. The van der Waals surface area contributed by atoms with Crippen molar-refractivity contribution < 1.29 is 14.4 Å². The van der Waals surface area contributed by atoms with Gasteiger partial charge in [-0.3, -0.25) is 14.5 Å². The highest BCUT2D eigenvalue weighted by molar-refractivity contribution is 6.09. The first kappa shape index (κ1) is 17.5. The van der Waals surface area contributed by atoms with E-state index in [4.69, 9.17) is 0 Å². The molecule has 6 nitrogen and oxygen atoms in total. The van der Waals surface area contributed by atoms with E-state index in [9.17, 15) is 14.4 Å². The molecule has 1 aromatic rings. The lowest BCUT2D eigenvalue weighted by Gasteiger charge is -2.22. The number of nitrogens with zero attached hydrogens (tertiary/aromatic N) is 1. The van der Waals surface area contributed by atoms with Crippen molar-refractivity contribution in [3.8, 4) is 0 Å². The number of carbonyl (C=O) groups is 3. The van der Waals surface area contributed by atoms with Crippen LogP contribution in [0.15, 0.2) is 24.3 Å². The predicted octanol–water partition coefficient (Wildman–Crippen LogP) is 2.28. The SMILES string of the molecule is CCC(NC(=O)CN1C(=O)NC(C)(C2CC2)C1=O)c1ccc(C)cc1. The van der Waals surface area contributed by atoms with Crippen LogP contribution in [0.3, 0.4) is 0 Å². The van der Waals surface area contributed by atoms with Gasteiger partial charge in [-0.25, -0.2) is 4.79 Å². The van der Waals surface area contributed by atoms with Crippen molar-refractivity contribution in [2.75, 3.05) is 6.54 Å². The van der Waals surface area contributed by atoms with Crippen molar-refractivity contribution in [3.05, 3.63) is 35.4 Å². The third kappa shape index (κ3) is 3.38. The van der Waals surface area contributed by atoms with Crippen LogP contribution in [0, 0.1) is 12.8 Å². The van der Waals surface area contributed by atoms with Gasteiger partial charge >= 0.3 is 6.03 Å². The number of carbonyl (C=O) groups excluding carboxylic acids is 3. The van der Waals surface area contributed by atoms with Crippen LogP contribution in [0.5, 0.6) is 0 Å². The van der Waals surface area contributed by atoms with Crippen LogP contribution >= 0.6 is 0 Å². The lowest BCUT2D eigenvalue weighted by atomic mass is 9.96. The summed E-state index contributed by atoms with van der Waals surface area (Å²) in [7, 11) is 0. The lowest BCUT2D eigenvalue weighted by molar-refractivity contribution is -0.135. The van der Waals surface area contributed by atoms with E-state index in [0.29, 0.717) is 0 Å². The number of aryl methyl sites for hydroxylation is 1. The average Bonchev–Trinajstić information content (AvgIpc) is 3.40. The molecule has 2 aliphatic rings. The quantitative estimate of drug-likeness (QED) is 0.778. The Labute approximate surface area is 148 Å². The largest absolute Gasteiger partial charge is 0.348 e. The van der Waals surface area contributed by atoms with Crippen molar-refractivity contribution in [1.82, 2.24) is 15.5 Å². The number of rotatable bonds is 6. The summed E-state index contributed by atoms with van der Waals surface area (Å²) in [6, 6.07) is 7.37. The van der Waals surface area contributed by atoms with Gasteiger partial charge in [0.05, 0.1) is 6.04 Å². The Balaban J connectivity index is 1.64. The van der Waals surface area contributed by atoms with Crippen molar-refractivity contribution in [1.29, 1.82) is 0 Å². The van der Waals surface area contributed by atoms with E-state index in [2.05, 4.69) is 10.6 Å². The fourth-order valence-corrected chi connectivity index (χ4v) is 3.40. The fourth-order valence-electron chi connectivity index (χ4n) is 3.40. The molecule has 2 unspecified atom stereocenters. The molecule has 1 heterocycles. The third-order valence-corrected chi connectivity index (χ3v) is 5.22. The van der Waals surface area contributed by atoms with Gasteiger partial charge in [-0.1, -0.05) is 36.8 Å². The Kier molecular flexibility index (Phi) is 4.54. The van der Waals surface area contributed by atoms with Crippen LogP contribution in [0.25, 0.3) is 0 Å². The number of nitrogens with one attached hydrogen (secondary N) is 2. The molecular weight excluding hydrogens is 318 g/mol. The molecule has 1 aliphatic carbocycles. The molecule has 1 saturated carbocycles. The van der Waals surface area contributed by atoms with Crippen LogP contribution in [-0.4, -0.2) is 34.8 Å². The molecule has 25 heavy (non-hydrogen) atoms. The normalized spacial score (nSPS) is 24.2. The summed E-state index contributed by atoms with van der Waals surface area (Å²) in [6.07, 6.45) is 2.61. The van der Waals surface area contributed by atoms with Crippen molar-refractivity contribution >= 4 is 17.8 Å². The molecule has 1 saturated heterocycles. The molecule has 134 valence electrons. The molecule has 0 radical (unpaired) electrons. The summed E-state index contributed by atoms with van der Waals surface area (Å²) in [5.74, 6) is -0.428. The van der Waals surface area contributed by atoms with Gasteiger partial charge in [-0.15, -0.1) is 0 Å². The second-order valence-electron chi connectivity index (χ2n) is 7.24. The zero-order valence-electron chi connectivity index (χ0n) is 15.0. The first-order valence-electron chi connectivity index (χ1n) is 8.85. The van der Waals surface area contributed by atoms with Crippen molar-refractivity contribution in [2.24, 2.45) is 5.92 Å². The van der Waals surface area contributed by atoms with Gasteiger partial charge in [0.1, 0.15) is 12.1 Å². The second-order valence-corrected chi connectivity index (χ2v) is 7.24. The fraction of sp³-hybridized carbons (Fsp3) is 0.526. The Morgan fingerprint density at radius 1 is 1.32 bits per heavy atom. The molecule has 2 fully saturated rings. The molecule has 1 aliphatic heterocycles. The number of benzene rings is 1. The Bertz CT molecular complexity index is 696. The minimum Gasteiger partial charge on any atom is -0.348 e. The number of amides is 4. The van der Waals surface area contributed by atoms with Crippen LogP contribution in [0.2, 0.25) is 0 Å². The number of urea groups is 1. The van der Waals surface area contributed by atoms with E-state index in [0.717, 1.165) is 35.3 Å². The van der Waals surface area contributed by atoms with Crippen LogP contribution in [0.4, 0.5) is 4.79 Å². The van der Waals surface area contributed by atoms with Gasteiger partial charge in [0.25, 0.3) is 5.91 Å². The van der Waals surface area contributed by atoms with Gasteiger partial charge in [0.15, 0.2) is 0 Å². The van der Waals surface area contributed by atoms with Gasteiger partial charge in [-0.05, 0) is 44.6 Å². The molecule has 3 rings (SSSR count). The highest BCUT2D eigenvalue weighted by Gasteiger charge is 2.56. The monoisotopic (exact) mass is 343 g/mol. The Hall–Kier alpha value is -2.37. The maximum absolute atomic E-state index is 12.6. The van der Waals surface area contributed by atoms with Gasteiger partial charge in [0.2, 0.25) is 5.91 Å². The van der Waals surface area contributed by atoms with Crippen LogP contribution < -0.4 is 10.6 Å². The smallest absolute Gasteiger partial charge is 0.325 e. The van der Waals surface area contributed by atoms with E-state index in [1.54, 1.807) is 6.92 Å². The molecule has 0 spiro atoms. The zero-order chi connectivity index (χ0) is 18.2. The summed E-state index contributed by atoms with van der Waals surface area (Å²) >= 11 is 0. The third-order valence-electron chi connectivity index (χ3n) is 5.22.